The van der Waals surface area contributed by atoms with Crippen LogP contribution in [-0.2, 0) is 11.3 Å². The molecule has 1 aromatic carbocycles. The maximum atomic E-state index is 10.4. The van der Waals surface area contributed by atoms with E-state index in [0.29, 0.717) is 18.2 Å². The predicted molar refractivity (Wildman–Crippen MR) is 80.6 cm³/mol. The fourth-order valence-electron chi connectivity index (χ4n) is 1.71. The standard InChI is InChI=1S/C15H15ClN2O3/c1-11-14(16)10-18(17-11)8-9-21-13-5-2-12(3-6-13)4-7-15(19)20/h2-7,10H,8-9H2,1H3,(H,19,20). The van der Waals surface area contributed by atoms with E-state index in [2.05, 4.69) is 5.10 Å². The molecular formula is C15H15ClN2O3. The zero-order valence-corrected chi connectivity index (χ0v) is 12.2. The third-order valence-electron chi connectivity index (χ3n) is 2.77. The molecule has 1 aromatic heterocycles. The molecule has 0 spiro atoms. The lowest BCUT2D eigenvalue weighted by molar-refractivity contribution is -0.131. The molecule has 6 heteroatoms. The molecule has 0 unspecified atom stereocenters. The SMILES string of the molecule is Cc1nn(CCOc2ccc(C=CC(=O)O)cc2)cc1Cl. The molecule has 0 amide bonds. The van der Waals surface area contributed by atoms with Gasteiger partial charge in [0.25, 0.3) is 0 Å². The number of rotatable bonds is 6. The van der Waals surface area contributed by atoms with Gasteiger partial charge in [-0.25, -0.2) is 4.79 Å². The van der Waals surface area contributed by atoms with Crippen molar-refractivity contribution < 1.29 is 14.6 Å². The predicted octanol–water partition coefficient (Wildman–Crippen LogP) is 3.02. The van der Waals surface area contributed by atoms with Gasteiger partial charge in [0, 0.05) is 12.3 Å². The number of benzene rings is 1. The first-order valence-corrected chi connectivity index (χ1v) is 6.76. The minimum Gasteiger partial charge on any atom is -0.492 e. The fraction of sp³-hybridized carbons (Fsp3) is 0.200. The molecule has 1 N–H and O–H groups in total. The van der Waals surface area contributed by atoms with Crippen LogP contribution < -0.4 is 4.74 Å². The Bertz CT molecular complexity index is 628. The molecule has 0 atom stereocenters. The zero-order valence-electron chi connectivity index (χ0n) is 11.5. The first kappa shape index (κ1) is 15.1. The van der Waals surface area contributed by atoms with Crippen molar-refractivity contribution in [3.8, 4) is 5.75 Å². The van der Waals surface area contributed by atoms with Gasteiger partial charge in [0.2, 0.25) is 0 Å². The number of carbonyl (C=O) groups is 1. The van der Waals surface area contributed by atoms with E-state index in [-0.39, 0.29) is 0 Å². The van der Waals surface area contributed by atoms with Crippen LogP contribution in [0, 0.1) is 6.92 Å². The van der Waals surface area contributed by atoms with E-state index < -0.39 is 5.97 Å². The van der Waals surface area contributed by atoms with Gasteiger partial charge in [-0.05, 0) is 30.7 Å². The molecule has 0 saturated heterocycles. The molecule has 0 fully saturated rings. The van der Waals surface area contributed by atoms with Crippen LogP contribution >= 0.6 is 11.6 Å². The van der Waals surface area contributed by atoms with Crippen LogP contribution in [0.4, 0.5) is 0 Å². The Labute approximate surface area is 127 Å². The van der Waals surface area contributed by atoms with Crippen molar-refractivity contribution in [1.29, 1.82) is 0 Å². The van der Waals surface area contributed by atoms with Crippen LogP contribution in [0.25, 0.3) is 6.08 Å². The van der Waals surface area contributed by atoms with Crippen molar-refractivity contribution >= 4 is 23.6 Å². The molecule has 0 saturated carbocycles. The highest BCUT2D eigenvalue weighted by Gasteiger charge is 2.01. The summed E-state index contributed by atoms with van der Waals surface area (Å²) in [6.45, 7) is 2.93. The maximum Gasteiger partial charge on any atom is 0.328 e. The molecule has 5 nitrogen and oxygen atoms in total. The smallest absolute Gasteiger partial charge is 0.328 e. The second kappa shape index (κ2) is 6.95. The van der Waals surface area contributed by atoms with Gasteiger partial charge in [-0.1, -0.05) is 23.7 Å². The van der Waals surface area contributed by atoms with Crippen molar-refractivity contribution in [3.63, 3.8) is 0 Å². The van der Waals surface area contributed by atoms with Crippen LogP contribution in [0.2, 0.25) is 5.02 Å². The summed E-state index contributed by atoms with van der Waals surface area (Å²) < 4.78 is 7.33. The van der Waals surface area contributed by atoms with Crippen LogP contribution in [0.15, 0.2) is 36.5 Å². The molecule has 110 valence electrons. The Hall–Kier alpha value is -2.27. The molecule has 0 bridgehead atoms. The molecule has 21 heavy (non-hydrogen) atoms. The van der Waals surface area contributed by atoms with Gasteiger partial charge < -0.3 is 9.84 Å². The molecule has 0 aliphatic heterocycles. The number of carboxylic acid groups (broad SMARTS) is 1. The van der Waals surface area contributed by atoms with E-state index in [1.165, 1.54) is 6.08 Å². The molecule has 1 heterocycles. The maximum absolute atomic E-state index is 10.4. The number of aromatic nitrogens is 2. The lowest BCUT2D eigenvalue weighted by Gasteiger charge is -2.06. The summed E-state index contributed by atoms with van der Waals surface area (Å²) in [5.74, 6) is -0.249. The van der Waals surface area contributed by atoms with Crippen molar-refractivity contribution in [2.75, 3.05) is 6.61 Å². The number of aryl methyl sites for hydroxylation is 1. The summed E-state index contributed by atoms with van der Waals surface area (Å²) in [6, 6.07) is 7.18. The second-order valence-electron chi connectivity index (χ2n) is 4.41. The molecule has 0 aliphatic carbocycles. The summed E-state index contributed by atoms with van der Waals surface area (Å²) in [5, 5.41) is 13.4. The van der Waals surface area contributed by atoms with Crippen LogP contribution in [0.5, 0.6) is 5.75 Å². The highest BCUT2D eigenvalue weighted by atomic mass is 35.5. The normalized spacial score (nSPS) is 11.0. The summed E-state index contributed by atoms with van der Waals surface area (Å²) in [5.41, 5.74) is 1.60. The average Bonchev–Trinajstić information content (AvgIpc) is 2.77. The van der Waals surface area contributed by atoms with Crippen molar-refractivity contribution in [2.45, 2.75) is 13.5 Å². The van der Waals surface area contributed by atoms with Crippen LogP contribution in [0.3, 0.4) is 0 Å². The molecule has 0 aliphatic rings. The monoisotopic (exact) mass is 306 g/mol. The van der Waals surface area contributed by atoms with E-state index in [0.717, 1.165) is 23.1 Å². The second-order valence-corrected chi connectivity index (χ2v) is 4.82. The Kier molecular flexibility index (Phi) is 5.00. The topological polar surface area (TPSA) is 64.4 Å². The number of carboxylic acids is 1. The van der Waals surface area contributed by atoms with Gasteiger partial charge in [0.15, 0.2) is 0 Å². The number of aliphatic carboxylic acids is 1. The largest absolute Gasteiger partial charge is 0.492 e. The Morgan fingerprint density at radius 1 is 1.43 bits per heavy atom. The average molecular weight is 307 g/mol. The summed E-state index contributed by atoms with van der Waals surface area (Å²) in [6.07, 6.45) is 4.39. The van der Waals surface area contributed by atoms with Crippen molar-refractivity contribution in [1.82, 2.24) is 9.78 Å². The number of nitrogens with zero attached hydrogens (tertiary/aromatic N) is 2. The van der Waals surface area contributed by atoms with Gasteiger partial charge in [-0.3, -0.25) is 4.68 Å². The molecule has 2 rings (SSSR count). The molecule has 0 radical (unpaired) electrons. The van der Waals surface area contributed by atoms with E-state index in [9.17, 15) is 4.79 Å². The molecule has 2 aromatic rings. The first-order chi connectivity index (χ1) is 10.0. The summed E-state index contributed by atoms with van der Waals surface area (Å²) in [4.78, 5) is 10.4. The Morgan fingerprint density at radius 2 is 2.14 bits per heavy atom. The van der Waals surface area contributed by atoms with Crippen molar-refractivity contribution in [3.05, 3.63) is 52.8 Å². The highest BCUT2D eigenvalue weighted by Crippen LogP contribution is 2.14. The minimum atomic E-state index is -0.969. The lowest BCUT2D eigenvalue weighted by Crippen LogP contribution is -2.08. The summed E-state index contributed by atoms with van der Waals surface area (Å²) >= 11 is 5.92. The summed E-state index contributed by atoms with van der Waals surface area (Å²) in [7, 11) is 0. The third kappa shape index (κ3) is 4.65. The lowest BCUT2D eigenvalue weighted by atomic mass is 10.2. The molecular weight excluding hydrogens is 292 g/mol. The quantitative estimate of drug-likeness (QED) is 0.833. The number of hydrogen-bond donors (Lipinski definition) is 1. The Balaban J connectivity index is 1.84. The fourth-order valence-corrected chi connectivity index (χ4v) is 1.86. The number of hydrogen-bond acceptors (Lipinski definition) is 3. The number of halogens is 1. The minimum absolute atomic E-state index is 0.474. The van der Waals surface area contributed by atoms with Crippen molar-refractivity contribution in [2.24, 2.45) is 0 Å². The Morgan fingerprint density at radius 3 is 2.71 bits per heavy atom. The van der Waals surface area contributed by atoms with Gasteiger partial charge >= 0.3 is 5.97 Å². The highest BCUT2D eigenvalue weighted by molar-refractivity contribution is 6.31. The third-order valence-corrected chi connectivity index (χ3v) is 3.15. The van der Waals surface area contributed by atoms with Crippen LogP contribution in [-0.4, -0.2) is 27.5 Å². The van der Waals surface area contributed by atoms with Gasteiger partial charge in [-0.2, -0.15) is 5.10 Å². The first-order valence-electron chi connectivity index (χ1n) is 6.38. The van der Waals surface area contributed by atoms with Gasteiger partial charge in [-0.15, -0.1) is 0 Å². The van der Waals surface area contributed by atoms with E-state index in [1.807, 2.05) is 6.92 Å². The number of ether oxygens (including phenoxy) is 1. The van der Waals surface area contributed by atoms with Gasteiger partial charge in [0.1, 0.15) is 12.4 Å². The zero-order chi connectivity index (χ0) is 15.2. The van der Waals surface area contributed by atoms with E-state index >= 15 is 0 Å². The van der Waals surface area contributed by atoms with Gasteiger partial charge in [0.05, 0.1) is 17.3 Å². The van der Waals surface area contributed by atoms with E-state index in [1.54, 1.807) is 35.1 Å². The van der Waals surface area contributed by atoms with E-state index in [4.69, 9.17) is 21.4 Å². The van der Waals surface area contributed by atoms with Crippen LogP contribution in [0.1, 0.15) is 11.3 Å².